The number of nitrogens with zero attached hydrogens (tertiary/aromatic N) is 2. The number of anilines is 2. The van der Waals surface area contributed by atoms with Crippen molar-refractivity contribution in [2.24, 2.45) is 0 Å². The van der Waals surface area contributed by atoms with Crippen molar-refractivity contribution in [3.63, 3.8) is 0 Å². The molecule has 158 valence electrons. The smallest absolute Gasteiger partial charge is 0.256 e. The molecule has 0 saturated carbocycles. The number of hydrogen-bond donors (Lipinski definition) is 1. The summed E-state index contributed by atoms with van der Waals surface area (Å²) in [4.78, 5) is 29.9. The van der Waals surface area contributed by atoms with E-state index in [-0.39, 0.29) is 18.2 Å². The van der Waals surface area contributed by atoms with Gasteiger partial charge in [-0.15, -0.1) is 0 Å². The van der Waals surface area contributed by atoms with Crippen molar-refractivity contribution in [2.45, 2.75) is 13.3 Å². The molecule has 4 rings (SSSR count). The zero-order valence-electron chi connectivity index (χ0n) is 17.8. The van der Waals surface area contributed by atoms with Crippen LogP contribution in [0.3, 0.4) is 0 Å². The first kappa shape index (κ1) is 20.7. The van der Waals surface area contributed by atoms with Gasteiger partial charge in [-0.1, -0.05) is 60.2 Å². The van der Waals surface area contributed by atoms with E-state index in [9.17, 15) is 9.59 Å². The average Bonchev–Trinajstić information content (AvgIpc) is 2.81. The van der Waals surface area contributed by atoms with E-state index in [1.165, 1.54) is 5.69 Å². The quantitative estimate of drug-likeness (QED) is 0.684. The van der Waals surface area contributed by atoms with Crippen LogP contribution in [0.25, 0.3) is 0 Å². The van der Waals surface area contributed by atoms with E-state index in [4.69, 9.17) is 0 Å². The van der Waals surface area contributed by atoms with Crippen LogP contribution in [0.4, 0.5) is 11.4 Å². The first-order valence-corrected chi connectivity index (χ1v) is 10.6. The van der Waals surface area contributed by atoms with Crippen molar-refractivity contribution in [1.82, 2.24) is 4.90 Å². The Morgan fingerprint density at radius 3 is 2.16 bits per heavy atom. The van der Waals surface area contributed by atoms with E-state index in [0.29, 0.717) is 24.3 Å². The third-order valence-corrected chi connectivity index (χ3v) is 5.61. The molecule has 0 bridgehead atoms. The molecule has 1 N–H and O–H groups in total. The number of aryl methyl sites for hydroxylation is 1. The zero-order valence-corrected chi connectivity index (χ0v) is 17.8. The second-order valence-corrected chi connectivity index (χ2v) is 7.87. The second-order valence-electron chi connectivity index (χ2n) is 7.87. The molecular formula is C26H27N3O2. The minimum atomic E-state index is -0.127. The largest absolute Gasteiger partial charge is 0.368 e. The molecule has 3 aromatic rings. The monoisotopic (exact) mass is 413 g/mol. The molecule has 0 atom stereocenters. The summed E-state index contributed by atoms with van der Waals surface area (Å²) in [5, 5.41) is 2.93. The Kier molecular flexibility index (Phi) is 6.32. The summed E-state index contributed by atoms with van der Waals surface area (Å²) in [7, 11) is 0. The first-order valence-electron chi connectivity index (χ1n) is 10.6. The molecule has 0 spiro atoms. The normalized spacial score (nSPS) is 13.7. The molecular weight excluding hydrogens is 386 g/mol. The Morgan fingerprint density at radius 1 is 0.806 bits per heavy atom. The van der Waals surface area contributed by atoms with Crippen molar-refractivity contribution in [3.05, 3.63) is 95.6 Å². The molecule has 1 aliphatic rings. The maximum absolute atomic E-state index is 13.2. The van der Waals surface area contributed by atoms with E-state index in [1.54, 1.807) is 12.1 Å². The lowest BCUT2D eigenvalue weighted by Crippen LogP contribution is -2.48. The minimum Gasteiger partial charge on any atom is -0.368 e. The molecule has 0 unspecified atom stereocenters. The number of carbonyl (C=O) groups is 2. The molecule has 2 amide bonds. The van der Waals surface area contributed by atoms with Crippen LogP contribution in [0.1, 0.15) is 21.5 Å². The Hall–Kier alpha value is -3.60. The molecule has 3 aromatic carbocycles. The Morgan fingerprint density at radius 2 is 1.45 bits per heavy atom. The van der Waals surface area contributed by atoms with Gasteiger partial charge in [-0.2, -0.15) is 0 Å². The number of para-hydroxylation sites is 2. The van der Waals surface area contributed by atoms with Crippen LogP contribution in [0, 0.1) is 6.92 Å². The summed E-state index contributed by atoms with van der Waals surface area (Å²) in [5.41, 5.74) is 4.39. The predicted molar refractivity (Wildman–Crippen MR) is 125 cm³/mol. The number of hydrogen-bond acceptors (Lipinski definition) is 3. The molecule has 1 heterocycles. The number of benzene rings is 3. The molecule has 31 heavy (non-hydrogen) atoms. The van der Waals surface area contributed by atoms with Gasteiger partial charge in [0.05, 0.1) is 17.7 Å². The van der Waals surface area contributed by atoms with Gasteiger partial charge >= 0.3 is 0 Å². The van der Waals surface area contributed by atoms with Crippen molar-refractivity contribution < 1.29 is 9.59 Å². The standard InChI is InChI=1S/C26H27N3O2/c1-20-11-13-21(14-12-20)19-25(30)27-24-10-6-5-9-23(24)26(31)29-17-15-28(16-18-29)22-7-3-2-4-8-22/h2-14H,15-19H2,1H3,(H,27,30). The van der Waals surface area contributed by atoms with Gasteiger partial charge in [0.15, 0.2) is 0 Å². The fourth-order valence-electron chi connectivity index (χ4n) is 3.84. The van der Waals surface area contributed by atoms with Gasteiger partial charge in [0.2, 0.25) is 5.91 Å². The summed E-state index contributed by atoms with van der Waals surface area (Å²) >= 11 is 0. The van der Waals surface area contributed by atoms with E-state index in [2.05, 4.69) is 22.3 Å². The van der Waals surface area contributed by atoms with Crippen LogP contribution < -0.4 is 10.2 Å². The first-order chi connectivity index (χ1) is 15.1. The highest BCUT2D eigenvalue weighted by atomic mass is 16.2. The lowest BCUT2D eigenvalue weighted by Gasteiger charge is -2.36. The van der Waals surface area contributed by atoms with E-state index in [0.717, 1.165) is 24.2 Å². The molecule has 5 heteroatoms. The van der Waals surface area contributed by atoms with E-state index in [1.807, 2.05) is 66.4 Å². The van der Waals surface area contributed by atoms with E-state index < -0.39 is 0 Å². The van der Waals surface area contributed by atoms with Crippen LogP contribution >= 0.6 is 0 Å². The van der Waals surface area contributed by atoms with Crippen LogP contribution in [-0.2, 0) is 11.2 Å². The number of carbonyl (C=O) groups excluding carboxylic acids is 2. The van der Waals surface area contributed by atoms with Gasteiger partial charge in [-0.05, 0) is 36.8 Å². The van der Waals surface area contributed by atoms with Gasteiger partial charge in [0, 0.05) is 31.9 Å². The summed E-state index contributed by atoms with van der Waals surface area (Å²) in [6.07, 6.45) is 0.276. The SMILES string of the molecule is Cc1ccc(CC(=O)Nc2ccccc2C(=O)N2CCN(c3ccccc3)CC2)cc1. The Balaban J connectivity index is 1.40. The molecule has 0 radical (unpaired) electrons. The Bertz CT molecular complexity index is 1040. The fraction of sp³-hybridized carbons (Fsp3) is 0.231. The minimum absolute atomic E-state index is 0.0426. The van der Waals surface area contributed by atoms with Crippen LogP contribution in [-0.4, -0.2) is 42.9 Å². The molecule has 0 aromatic heterocycles. The summed E-state index contributed by atoms with van der Waals surface area (Å²) in [5.74, 6) is -0.169. The zero-order chi connectivity index (χ0) is 21.6. The van der Waals surface area contributed by atoms with Gasteiger partial charge in [-0.25, -0.2) is 0 Å². The van der Waals surface area contributed by atoms with Crippen molar-refractivity contribution in [1.29, 1.82) is 0 Å². The summed E-state index contributed by atoms with van der Waals surface area (Å²) < 4.78 is 0. The number of nitrogens with one attached hydrogen (secondary N) is 1. The van der Waals surface area contributed by atoms with Crippen molar-refractivity contribution >= 4 is 23.2 Å². The van der Waals surface area contributed by atoms with Crippen molar-refractivity contribution in [2.75, 3.05) is 36.4 Å². The highest BCUT2D eigenvalue weighted by Crippen LogP contribution is 2.21. The predicted octanol–water partition coefficient (Wildman–Crippen LogP) is 4.14. The van der Waals surface area contributed by atoms with Crippen molar-refractivity contribution in [3.8, 4) is 0 Å². The van der Waals surface area contributed by atoms with E-state index >= 15 is 0 Å². The van der Waals surface area contributed by atoms with Crippen LogP contribution in [0.2, 0.25) is 0 Å². The number of rotatable bonds is 5. The lowest BCUT2D eigenvalue weighted by atomic mass is 10.1. The topological polar surface area (TPSA) is 52.7 Å². The third-order valence-electron chi connectivity index (χ3n) is 5.61. The van der Waals surface area contributed by atoms with Gasteiger partial charge < -0.3 is 15.1 Å². The highest BCUT2D eigenvalue weighted by molar-refractivity contribution is 6.04. The maximum atomic E-state index is 13.2. The maximum Gasteiger partial charge on any atom is 0.256 e. The summed E-state index contributed by atoms with van der Waals surface area (Å²) in [6, 6.07) is 25.4. The third kappa shape index (κ3) is 5.12. The van der Waals surface area contributed by atoms with Gasteiger partial charge in [-0.3, -0.25) is 9.59 Å². The highest BCUT2D eigenvalue weighted by Gasteiger charge is 2.24. The molecule has 5 nitrogen and oxygen atoms in total. The molecule has 0 aliphatic carbocycles. The molecule has 1 saturated heterocycles. The molecule has 1 aliphatic heterocycles. The average molecular weight is 414 g/mol. The fourth-order valence-corrected chi connectivity index (χ4v) is 3.84. The van der Waals surface area contributed by atoms with Gasteiger partial charge in [0.1, 0.15) is 0 Å². The Labute approximate surface area is 183 Å². The number of amides is 2. The van der Waals surface area contributed by atoms with Gasteiger partial charge in [0.25, 0.3) is 5.91 Å². The van der Waals surface area contributed by atoms with Crippen LogP contribution in [0.15, 0.2) is 78.9 Å². The van der Waals surface area contributed by atoms with Crippen LogP contribution in [0.5, 0.6) is 0 Å². The second kappa shape index (κ2) is 9.47. The lowest BCUT2D eigenvalue weighted by molar-refractivity contribution is -0.115. The summed E-state index contributed by atoms with van der Waals surface area (Å²) in [6.45, 7) is 4.90. The molecule has 1 fully saturated rings. The number of piperazine rings is 1.